The number of fused-ring (bicyclic) bond motifs is 6. The average molecular weight is 1080 g/mol. The van der Waals surface area contributed by atoms with E-state index < -0.39 is 29.0 Å². The minimum Gasteiger partial charge on any atom is -0.309 e. The van der Waals surface area contributed by atoms with Gasteiger partial charge in [0.05, 0.1) is 56.2 Å². The Morgan fingerprint density at radius 3 is 1.07 bits per heavy atom. The molecule has 0 amide bonds. The van der Waals surface area contributed by atoms with Crippen LogP contribution in [0.2, 0.25) is 0 Å². The first kappa shape index (κ1) is 51.5. The van der Waals surface area contributed by atoms with Crippen molar-refractivity contribution < 1.29 is 26.3 Å². The summed E-state index contributed by atoms with van der Waals surface area (Å²) < 4.78 is 92.8. The zero-order valence-corrected chi connectivity index (χ0v) is 45.0. The highest BCUT2D eigenvalue weighted by atomic mass is 19.4. The van der Waals surface area contributed by atoms with Gasteiger partial charge in [-0.25, -0.2) is 0 Å². The van der Waals surface area contributed by atoms with Gasteiger partial charge in [0.1, 0.15) is 0 Å². The lowest BCUT2D eigenvalue weighted by Crippen LogP contribution is -2.12. The van der Waals surface area contributed by atoms with Crippen LogP contribution in [0.25, 0.3) is 122 Å². The summed E-state index contributed by atoms with van der Waals surface area (Å²) in [7, 11) is 0. The third-order valence-corrected chi connectivity index (χ3v) is 15.8. The van der Waals surface area contributed by atoms with Crippen molar-refractivity contribution in [3.8, 4) is 84.2 Å². The third kappa shape index (κ3) is 9.16. The number of nitriles is 1. The predicted molar refractivity (Wildman–Crippen MR) is 321 cm³/mol. The van der Waals surface area contributed by atoms with Crippen LogP contribution in [-0.2, 0) is 12.4 Å². The Bertz CT molecular complexity index is 4590. The molecule has 13 rings (SSSR count). The summed E-state index contributed by atoms with van der Waals surface area (Å²) >= 11 is 0. The molecular weight excluding hydrogens is 1030 g/mol. The molecule has 0 fully saturated rings. The number of benzene rings is 11. The van der Waals surface area contributed by atoms with Gasteiger partial charge in [0.25, 0.3) is 0 Å². The van der Waals surface area contributed by atoms with E-state index in [4.69, 9.17) is 0 Å². The van der Waals surface area contributed by atoms with Gasteiger partial charge in [0.15, 0.2) is 0 Å². The van der Waals surface area contributed by atoms with Gasteiger partial charge in [-0.15, -0.1) is 0 Å². The molecule has 0 radical (unpaired) electrons. The van der Waals surface area contributed by atoms with Gasteiger partial charge in [0, 0.05) is 32.7 Å². The summed E-state index contributed by atoms with van der Waals surface area (Å²) in [4.78, 5) is 0. The van der Waals surface area contributed by atoms with E-state index in [1.54, 1.807) is 30.3 Å². The molecule has 2 aromatic heterocycles. The van der Waals surface area contributed by atoms with Gasteiger partial charge in [-0.1, -0.05) is 162 Å². The lowest BCUT2D eigenvalue weighted by atomic mass is 9.92. The molecule has 0 bridgehead atoms. The second-order valence-corrected chi connectivity index (χ2v) is 21.4. The number of aryl methyl sites for hydroxylation is 4. The third-order valence-electron chi connectivity index (χ3n) is 15.8. The van der Waals surface area contributed by atoms with E-state index in [2.05, 4.69) is 188 Å². The van der Waals surface area contributed by atoms with Crippen LogP contribution in [0.4, 0.5) is 26.3 Å². The molecule has 2 heterocycles. The Kier molecular flexibility index (Phi) is 12.4. The van der Waals surface area contributed by atoms with Crippen LogP contribution >= 0.6 is 0 Å². The molecule has 0 atom stereocenters. The first-order chi connectivity index (χ1) is 39.5. The maximum absolute atomic E-state index is 15.3. The summed E-state index contributed by atoms with van der Waals surface area (Å²) in [5.41, 5.74) is 15.1. The van der Waals surface area contributed by atoms with E-state index in [0.29, 0.717) is 34.1 Å². The highest BCUT2D eigenvalue weighted by molar-refractivity contribution is 6.14. The molecule has 0 spiro atoms. The van der Waals surface area contributed by atoms with Crippen molar-refractivity contribution in [1.82, 2.24) is 9.13 Å². The average Bonchev–Trinajstić information content (AvgIpc) is 4.01. The van der Waals surface area contributed by atoms with Crippen LogP contribution in [0, 0.1) is 39.0 Å². The molecule has 0 aliphatic carbocycles. The van der Waals surface area contributed by atoms with Gasteiger partial charge in [-0.3, -0.25) is 0 Å². The van der Waals surface area contributed by atoms with Crippen molar-refractivity contribution in [3.05, 3.63) is 263 Å². The maximum atomic E-state index is 15.3. The van der Waals surface area contributed by atoms with Crippen LogP contribution in [0.3, 0.4) is 0 Å². The summed E-state index contributed by atoms with van der Waals surface area (Å²) in [6.45, 7) is 8.22. The SMILES string of the molecule is Cc1cccc(-c2ccc3c(c2)c2cc(-c4cccc(C)c4)ccc2n3-c2ccc(-c3ccc(C(F)(F)F)cc3C(F)(F)F)cc2-c2ccc(C#N)cc2-n2c3ccc(-c4cccc(C)c4)cc3c3cc(-c4cccc(C)c4)ccc32)c1. The molecule has 0 N–H and O–H groups in total. The largest absolute Gasteiger partial charge is 0.417 e. The van der Waals surface area contributed by atoms with Gasteiger partial charge >= 0.3 is 12.4 Å². The normalized spacial score (nSPS) is 12.0. The number of alkyl halides is 6. The Morgan fingerprint density at radius 1 is 0.317 bits per heavy atom. The van der Waals surface area contributed by atoms with E-state index in [0.717, 1.165) is 116 Å². The van der Waals surface area contributed by atoms with E-state index in [1.807, 2.05) is 30.3 Å². The van der Waals surface area contributed by atoms with E-state index >= 15 is 13.2 Å². The highest BCUT2D eigenvalue weighted by Crippen LogP contribution is 2.47. The van der Waals surface area contributed by atoms with Crippen molar-refractivity contribution >= 4 is 43.6 Å². The second-order valence-electron chi connectivity index (χ2n) is 21.4. The van der Waals surface area contributed by atoms with Gasteiger partial charge in [0.2, 0.25) is 0 Å². The minimum atomic E-state index is -5.15. The smallest absolute Gasteiger partial charge is 0.309 e. The monoisotopic (exact) mass is 1080 g/mol. The van der Waals surface area contributed by atoms with Crippen molar-refractivity contribution in [2.45, 2.75) is 40.0 Å². The van der Waals surface area contributed by atoms with Crippen LogP contribution in [0.5, 0.6) is 0 Å². The van der Waals surface area contributed by atoms with E-state index in [-0.39, 0.29) is 11.6 Å². The Labute approximate surface area is 469 Å². The number of aromatic nitrogens is 2. The first-order valence-electron chi connectivity index (χ1n) is 26.9. The molecular formula is C73H49F6N3. The fourth-order valence-electron chi connectivity index (χ4n) is 11.9. The van der Waals surface area contributed by atoms with Gasteiger partial charge in [-0.2, -0.15) is 31.6 Å². The fraction of sp³-hybridized carbons (Fsp3) is 0.0822. The molecule has 0 saturated heterocycles. The summed E-state index contributed by atoms with van der Waals surface area (Å²) in [5.74, 6) is 0. The van der Waals surface area contributed by atoms with Gasteiger partial charge in [-0.05, 0) is 168 Å². The van der Waals surface area contributed by atoms with Crippen molar-refractivity contribution in [3.63, 3.8) is 0 Å². The Hall–Kier alpha value is -9.91. The zero-order valence-electron chi connectivity index (χ0n) is 45.0. The lowest BCUT2D eigenvalue weighted by molar-refractivity contribution is -0.142. The molecule has 13 aromatic rings. The minimum absolute atomic E-state index is 0.0483. The summed E-state index contributed by atoms with van der Waals surface area (Å²) in [6.07, 6.45) is -10.2. The molecule has 3 nitrogen and oxygen atoms in total. The number of hydrogen-bond acceptors (Lipinski definition) is 1. The second kappa shape index (κ2) is 19.7. The molecule has 82 heavy (non-hydrogen) atoms. The number of rotatable bonds is 8. The predicted octanol–water partition coefficient (Wildman–Crippen LogP) is 21.0. The summed E-state index contributed by atoms with van der Waals surface area (Å²) in [6, 6.07) is 73.0. The Morgan fingerprint density at radius 2 is 0.695 bits per heavy atom. The van der Waals surface area contributed by atoms with Crippen LogP contribution in [0.1, 0.15) is 38.9 Å². The van der Waals surface area contributed by atoms with Crippen molar-refractivity contribution in [2.24, 2.45) is 0 Å². The molecule has 0 aliphatic heterocycles. The van der Waals surface area contributed by atoms with Crippen molar-refractivity contribution in [2.75, 3.05) is 0 Å². The first-order valence-corrected chi connectivity index (χ1v) is 26.9. The standard InChI is InChI=1S/C73H49F6N3/c1-43-9-5-13-48(31-43)52-18-26-67-61(36-52)62-37-53(49-14-6-10-44(2)32-49)19-27-68(62)81(67)66-30-22-56(58-25-23-57(72(74,75)76)41-65(58)73(77,78)79)40-60(66)59-24-17-47(42-80)35-71(59)82-69-28-20-54(50-15-7-11-45(3)33-50)38-63(69)64-39-55(21-29-70(64)82)51-16-8-12-46(4)34-51/h5-41H,1-4H3. The highest BCUT2D eigenvalue weighted by Gasteiger charge is 2.39. The number of halogens is 6. The van der Waals surface area contributed by atoms with Crippen LogP contribution < -0.4 is 0 Å². The van der Waals surface area contributed by atoms with E-state index in [9.17, 15) is 18.4 Å². The van der Waals surface area contributed by atoms with Crippen molar-refractivity contribution in [1.29, 1.82) is 5.26 Å². The molecule has 9 heteroatoms. The topological polar surface area (TPSA) is 33.6 Å². The van der Waals surface area contributed by atoms with Crippen LogP contribution in [-0.4, -0.2) is 9.13 Å². The molecule has 11 aromatic carbocycles. The molecule has 0 unspecified atom stereocenters. The van der Waals surface area contributed by atoms with Gasteiger partial charge < -0.3 is 9.13 Å². The summed E-state index contributed by atoms with van der Waals surface area (Å²) in [5, 5.41) is 14.4. The zero-order chi connectivity index (χ0) is 56.8. The molecule has 0 saturated carbocycles. The lowest BCUT2D eigenvalue weighted by Gasteiger charge is -2.21. The van der Waals surface area contributed by atoms with Crippen LogP contribution in [0.15, 0.2) is 224 Å². The quantitative estimate of drug-likeness (QED) is 0.140. The number of hydrogen-bond donors (Lipinski definition) is 0. The van der Waals surface area contributed by atoms with E-state index in [1.165, 1.54) is 0 Å². The molecule has 398 valence electrons. The molecule has 0 aliphatic rings. The Balaban J connectivity index is 1.13. The maximum Gasteiger partial charge on any atom is 0.417 e. The fourth-order valence-corrected chi connectivity index (χ4v) is 11.9. The number of nitrogens with zero attached hydrogens (tertiary/aromatic N) is 3.